The third-order valence-corrected chi connectivity index (χ3v) is 7.00. The highest BCUT2D eigenvalue weighted by Crippen LogP contribution is 2.32. The molecule has 1 saturated heterocycles. The van der Waals surface area contributed by atoms with Crippen molar-refractivity contribution in [3.63, 3.8) is 0 Å². The minimum Gasteiger partial charge on any atom is -0.338 e. The molecule has 0 aromatic carbocycles. The minimum absolute atomic E-state index is 0. The van der Waals surface area contributed by atoms with Crippen molar-refractivity contribution >= 4 is 29.7 Å². The van der Waals surface area contributed by atoms with Crippen molar-refractivity contribution in [3.8, 4) is 0 Å². The van der Waals surface area contributed by atoms with Crippen LogP contribution in [0.15, 0.2) is 0 Å². The van der Waals surface area contributed by atoms with Gasteiger partial charge in [0, 0.05) is 37.5 Å². The van der Waals surface area contributed by atoms with Gasteiger partial charge in [0.05, 0.1) is 17.2 Å². The molecule has 4 rings (SSSR count). The predicted octanol–water partition coefficient (Wildman–Crippen LogP) is 2.89. The quantitative estimate of drug-likeness (QED) is 0.802. The van der Waals surface area contributed by atoms with E-state index in [1.54, 1.807) is 11.3 Å². The van der Waals surface area contributed by atoms with Gasteiger partial charge in [-0.1, -0.05) is 20.8 Å². The Bertz CT molecular complexity index is 847. The average molecular weight is 425 g/mol. The Morgan fingerprint density at radius 2 is 1.89 bits per heavy atom. The number of amides is 1. The topological polar surface area (TPSA) is 75.9 Å². The van der Waals surface area contributed by atoms with Gasteiger partial charge in [-0.3, -0.25) is 4.79 Å². The SMILES string of the molecule is Cc1nc(C(C)(C)C)sc1C(=O)N1CCC(c2nnc3n2CCNC3)CC1.Cl. The van der Waals surface area contributed by atoms with Gasteiger partial charge in [0.25, 0.3) is 5.91 Å². The Labute approximate surface area is 176 Å². The highest BCUT2D eigenvalue weighted by molar-refractivity contribution is 7.14. The smallest absolute Gasteiger partial charge is 0.265 e. The van der Waals surface area contributed by atoms with Crippen LogP contribution >= 0.6 is 23.7 Å². The predicted molar refractivity (Wildman–Crippen MR) is 112 cm³/mol. The lowest BCUT2D eigenvalue weighted by Gasteiger charge is -2.32. The summed E-state index contributed by atoms with van der Waals surface area (Å²) in [7, 11) is 0. The number of fused-ring (bicyclic) bond motifs is 1. The van der Waals surface area contributed by atoms with Crippen LogP contribution in [-0.2, 0) is 18.5 Å². The molecule has 0 bridgehead atoms. The molecule has 2 aliphatic rings. The van der Waals surface area contributed by atoms with Gasteiger partial charge in [0.2, 0.25) is 0 Å². The molecule has 154 valence electrons. The maximum absolute atomic E-state index is 13.0. The fourth-order valence-electron chi connectivity index (χ4n) is 3.82. The van der Waals surface area contributed by atoms with Crippen LogP contribution in [0.3, 0.4) is 0 Å². The van der Waals surface area contributed by atoms with Crippen molar-refractivity contribution in [1.82, 2.24) is 30.0 Å². The fourth-order valence-corrected chi connectivity index (χ4v) is 4.91. The Hall–Kier alpha value is -1.51. The third kappa shape index (κ3) is 3.95. The van der Waals surface area contributed by atoms with E-state index in [1.165, 1.54) is 0 Å². The van der Waals surface area contributed by atoms with E-state index < -0.39 is 0 Å². The van der Waals surface area contributed by atoms with E-state index in [1.807, 2.05) is 11.8 Å². The average Bonchev–Trinajstić information content (AvgIpc) is 3.25. The number of likely N-dealkylation sites (tertiary alicyclic amines) is 1. The highest BCUT2D eigenvalue weighted by atomic mass is 35.5. The molecule has 1 N–H and O–H groups in total. The van der Waals surface area contributed by atoms with Crippen LogP contribution in [0.25, 0.3) is 0 Å². The van der Waals surface area contributed by atoms with Crippen LogP contribution in [0.5, 0.6) is 0 Å². The van der Waals surface area contributed by atoms with Crippen molar-refractivity contribution in [1.29, 1.82) is 0 Å². The molecule has 0 aliphatic carbocycles. The van der Waals surface area contributed by atoms with Crippen LogP contribution in [0, 0.1) is 6.92 Å². The molecule has 2 aromatic heterocycles. The molecule has 28 heavy (non-hydrogen) atoms. The molecule has 0 radical (unpaired) electrons. The first-order valence-electron chi connectivity index (χ1n) is 9.74. The zero-order chi connectivity index (χ0) is 19.2. The van der Waals surface area contributed by atoms with Crippen molar-refractivity contribution in [2.24, 2.45) is 0 Å². The number of aromatic nitrogens is 4. The summed E-state index contributed by atoms with van der Waals surface area (Å²) in [6, 6.07) is 0. The van der Waals surface area contributed by atoms with E-state index >= 15 is 0 Å². The summed E-state index contributed by atoms with van der Waals surface area (Å²) < 4.78 is 2.27. The number of rotatable bonds is 2. The summed E-state index contributed by atoms with van der Waals surface area (Å²) >= 11 is 1.55. The number of hydrogen-bond donors (Lipinski definition) is 1. The lowest BCUT2D eigenvalue weighted by Crippen LogP contribution is -2.38. The largest absolute Gasteiger partial charge is 0.338 e. The van der Waals surface area contributed by atoms with Gasteiger partial charge >= 0.3 is 0 Å². The number of nitrogens with one attached hydrogen (secondary N) is 1. The lowest BCUT2D eigenvalue weighted by atomic mass is 9.95. The standard InChI is InChI=1S/C19H28N6OS.ClH/c1-12-15(27-18(21-12)19(2,3)4)17(26)24-8-5-13(6-9-24)16-23-22-14-11-20-7-10-25(14)16;/h13,20H,5-11H2,1-4H3;1H. The molecule has 2 aliphatic heterocycles. The van der Waals surface area contributed by atoms with E-state index in [-0.39, 0.29) is 23.7 Å². The van der Waals surface area contributed by atoms with Gasteiger partial charge < -0.3 is 14.8 Å². The Morgan fingerprint density at radius 3 is 2.54 bits per heavy atom. The first-order valence-corrected chi connectivity index (χ1v) is 10.6. The van der Waals surface area contributed by atoms with E-state index in [9.17, 15) is 4.79 Å². The first kappa shape index (κ1) is 21.2. The molecule has 1 amide bonds. The molecular weight excluding hydrogens is 396 g/mol. The monoisotopic (exact) mass is 424 g/mol. The summed E-state index contributed by atoms with van der Waals surface area (Å²) in [4.78, 5) is 20.5. The zero-order valence-electron chi connectivity index (χ0n) is 17.0. The van der Waals surface area contributed by atoms with Crippen molar-refractivity contribution in [2.75, 3.05) is 19.6 Å². The maximum atomic E-state index is 13.0. The number of carbonyl (C=O) groups is 1. The third-order valence-electron chi connectivity index (χ3n) is 5.43. The van der Waals surface area contributed by atoms with E-state index in [4.69, 9.17) is 0 Å². The van der Waals surface area contributed by atoms with Crippen LogP contribution < -0.4 is 5.32 Å². The molecule has 0 unspecified atom stereocenters. The molecule has 0 atom stereocenters. The Kier molecular flexibility index (Phi) is 6.12. The van der Waals surface area contributed by atoms with Crippen LogP contribution in [0.2, 0.25) is 0 Å². The first-order chi connectivity index (χ1) is 12.8. The van der Waals surface area contributed by atoms with Crippen molar-refractivity contribution in [3.05, 3.63) is 27.2 Å². The van der Waals surface area contributed by atoms with Crippen LogP contribution in [0.1, 0.15) is 71.6 Å². The molecule has 1 fully saturated rings. The number of piperidine rings is 1. The summed E-state index contributed by atoms with van der Waals surface area (Å²) in [5.74, 6) is 2.65. The van der Waals surface area contributed by atoms with Gasteiger partial charge in [-0.05, 0) is 19.8 Å². The van der Waals surface area contributed by atoms with Gasteiger partial charge in [0.1, 0.15) is 16.5 Å². The van der Waals surface area contributed by atoms with Gasteiger partial charge in [-0.15, -0.1) is 33.9 Å². The van der Waals surface area contributed by atoms with E-state index in [2.05, 4.69) is 45.8 Å². The second kappa shape index (κ2) is 8.08. The minimum atomic E-state index is -0.0252. The molecular formula is C19H29ClN6OS. The van der Waals surface area contributed by atoms with Crippen LogP contribution in [0.4, 0.5) is 0 Å². The summed E-state index contributed by atoms with van der Waals surface area (Å²) in [5.41, 5.74) is 0.832. The number of hydrogen-bond acceptors (Lipinski definition) is 6. The molecule has 2 aromatic rings. The second-order valence-electron chi connectivity index (χ2n) is 8.55. The van der Waals surface area contributed by atoms with E-state index in [0.717, 1.165) is 72.8 Å². The molecule has 0 saturated carbocycles. The summed E-state index contributed by atoms with van der Waals surface area (Å²) in [5, 5.41) is 13.2. The normalized spacial score (nSPS) is 17.9. The Morgan fingerprint density at radius 1 is 1.18 bits per heavy atom. The fraction of sp³-hybridized carbons (Fsp3) is 0.684. The molecule has 0 spiro atoms. The second-order valence-corrected chi connectivity index (χ2v) is 9.55. The summed E-state index contributed by atoms with van der Waals surface area (Å²) in [6.07, 6.45) is 1.89. The van der Waals surface area contributed by atoms with Gasteiger partial charge in [-0.25, -0.2) is 4.98 Å². The molecule has 4 heterocycles. The van der Waals surface area contributed by atoms with E-state index in [0.29, 0.717) is 5.92 Å². The number of nitrogens with zero attached hydrogens (tertiary/aromatic N) is 5. The van der Waals surface area contributed by atoms with Crippen molar-refractivity contribution in [2.45, 2.75) is 65.0 Å². The molecule has 9 heteroatoms. The summed E-state index contributed by atoms with van der Waals surface area (Å²) in [6.45, 7) is 12.6. The van der Waals surface area contributed by atoms with Crippen LogP contribution in [-0.4, -0.2) is 50.2 Å². The maximum Gasteiger partial charge on any atom is 0.265 e. The number of carbonyl (C=O) groups excluding carboxylic acids is 1. The van der Waals surface area contributed by atoms with Crippen molar-refractivity contribution < 1.29 is 4.79 Å². The zero-order valence-corrected chi connectivity index (χ0v) is 18.6. The highest BCUT2D eigenvalue weighted by Gasteiger charge is 2.31. The number of thiazole rings is 1. The molecule has 7 nitrogen and oxygen atoms in total. The lowest BCUT2D eigenvalue weighted by molar-refractivity contribution is 0.0714. The van der Waals surface area contributed by atoms with Gasteiger partial charge in [-0.2, -0.15) is 0 Å². The number of aryl methyl sites for hydroxylation is 1. The Balaban J connectivity index is 0.00000225. The van der Waals surface area contributed by atoms with Gasteiger partial charge in [0.15, 0.2) is 0 Å². The number of halogens is 1.